The molecule has 0 bridgehead atoms. The third-order valence-corrected chi connectivity index (χ3v) is 1.77. The minimum absolute atomic E-state index is 0.0712. The van der Waals surface area contributed by atoms with Crippen molar-refractivity contribution in [1.29, 1.82) is 5.26 Å². The number of nitrogens with zero attached hydrogens (tertiary/aromatic N) is 1. The van der Waals surface area contributed by atoms with Crippen LogP contribution in [0.15, 0.2) is 0 Å². The number of aliphatic hydroxyl groups is 1. The lowest BCUT2D eigenvalue weighted by Gasteiger charge is -2.23. The van der Waals surface area contributed by atoms with Gasteiger partial charge in [0.25, 0.3) is 0 Å². The van der Waals surface area contributed by atoms with Crippen molar-refractivity contribution in [3.8, 4) is 6.07 Å². The molecule has 0 aromatic carbocycles. The number of hydrogen-bond donors (Lipinski definition) is 1. The first kappa shape index (κ1) is 8.45. The monoisotopic (exact) mass is 127 g/mol. The third-order valence-electron chi connectivity index (χ3n) is 1.77. The normalized spacial score (nSPS) is 14.6. The van der Waals surface area contributed by atoms with Crippen molar-refractivity contribution in [3.05, 3.63) is 0 Å². The van der Waals surface area contributed by atoms with Gasteiger partial charge in [-0.3, -0.25) is 0 Å². The van der Waals surface area contributed by atoms with Crippen LogP contribution in [-0.2, 0) is 0 Å². The molecule has 0 fully saturated rings. The van der Waals surface area contributed by atoms with Crippen molar-refractivity contribution in [2.24, 2.45) is 11.3 Å². The fraction of sp³-hybridized carbons (Fsp3) is 0.857. The first-order valence-corrected chi connectivity index (χ1v) is 3.05. The summed E-state index contributed by atoms with van der Waals surface area (Å²) in [5.74, 6) is -0.0810. The molecule has 0 amide bonds. The zero-order valence-corrected chi connectivity index (χ0v) is 6.18. The van der Waals surface area contributed by atoms with Crippen LogP contribution in [0.1, 0.15) is 20.8 Å². The van der Waals surface area contributed by atoms with Crippen LogP contribution in [0.2, 0.25) is 0 Å². The molecule has 0 saturated heterocycles. The summed E-state index contributed by atoms with van der Waals surface area (Å²) in [6.45, 7) is 5.64. The smallest absolute Gasteiger partial charge is 0.0659 e. The summed E-state index contributed by atoms with van der Waals surface area (Å²) in [5, 5.41) is 17.2. The molecule has 0 spiro atoms. The summed E-state index contributed by atoms with van der Waals surface area (Å²) in [6, 6.07) is 2.10. The summed E-state index contributed by atoms with van der Waals surface area (Å²) >= 11 is 0. The van der Waals surface area contributed by atoms with Gasteiger partial charge < -0.3 is 5.11 Å². The minimum atomic E-state index is -0.255. The number of aliphatic hydroxyl groups excluding tert-OH is 1. The fourth-order valence-corrected chi connectivity index (χ4v) is 0.312. The van der Waals surface area contributed by atoms with Gasteiger partial charge in [-0.1, -0.05) is 13.8 Å². The van der Waals surface area contributed by atoms with Crippen LogP contribution in [-0.4, -0.2) is 11.7 Å². The van der Waals surface area contributed by atoms with E-state index in [1.807, 2.05) is 20.8 Å². The molecule has 52 valence electrons. The maximum atomic E-state index is 8.74. The van der Waals surface area contributed by atoms with E-state index >= 15 is 0 Å². The van der Waals surface area contributed by atoms with Gasteiger partial charge in [0.05, 0.1) is 12.0 Å². The Hall–Kier alpha value is -0.550. The minimum Gasteiger partial charge on any atom is -0.396 e. The lowest BCUT2D eigenvalue weighted by atomic mass is 9.82. The van der Waals surface area contributed by atoms with Crippen molar-refractivity contribution < 1.29 is 5.11 Å². The van der Waals surface area contributed by atoms with Crippen molar-refractivity contribution >= 4 is 0 Å². The van der Waals surface area contributed by atoms with Gasteiger partial charge in [-0.15, -0.1) is 0 Å². The predicted octanol–water partition coefficient (Wildman–Crippen LogP) is 1.16. The highest BCUT2D eigenvalue weighted by atomic mass is 16.3. The summed E-state index contributed by atoms with van der Waals surface area (Å²) in [5.41, 5.74) is -0.255. The molecule has 0 aromatic rings. The van der Waals surface area contributed by atoms with Crippen molar-refractivity contribution in [2.75, 3.05) is 6.61 Å². The Bertz CT molecular complexity index is 123. The Labute approximate surface area is 56.1 Å². The van der Waals surface area contributed by atoms with E-state index in [0.29, 0.717) is 0 Å². The third kappa shape index (κ3) is 2.03. The van der Waals surface area contributed by atoms with Crippen LogP contribution in [0, 0.1) is 22.7 Å². The molecule has 1 unspecified atom stereocenters. The zero-order chi connectivity index (χ0) is 7.49. The fourth-order valence-electron chi connectivity index (χ4n) is 0.312. The van der Waals surface area contributed by atoms with E-state index in [1.165, 1.54) is 0 Å². The van der Waals surface area contributed by atoms with Gasteiger partial charge in [-0.05, 0) is 6.92 Å². The number of hydrogen-bond acceptors (Lipinski definition) is 2. The highest BCUT2D eigenvalue weighted by Crippen LogP contribution is 2.24. The molecule has 0 rings (SSSR count). The molecule has 0 saturated carbocycles. The van der Waals surface area contributed by atoms with Crippen LogP contribution in [0.4, 0.5) is 0 Å². The molecule has 0 heterocycles. The highest BCUT2D eigenvalue weighted by molar-refractivity contribution is 4.89. The second kappa shape index (κ2) is 2.84. The summed E-state index contributed by atoms with van der Waals surface area (Å²) in [6.07, 6.45) is 0. The molecular formula is C7H13NO. The summed E-state index contributed by atoms with van der Waals surface area (Å²) in [7, 11) is 0. The van der Waals surface area contributed by atoms with Crippen LogP contribution in [0.25, 0.3) is 0 Å². The van der Waals surface area contributed by atoms with Crippen LogP contribution < -0.4 is 0 Å². The van der Waals surface area contributed by atoms with Gasteiger partial charge >= 0.3 is 0 Å². The molecule has 1 N–H and O–H groups in total. The Morgan fingerprint density at radius 2 is 2.11 bits per heavy atom. The van der Waals surface area contributed by atoms with Gasteiger partial charge in [0.15, 0.2) is 0 Å². The second-order valence-electron chi connectivity index (χ2n) is 3.00. The van der Waals surface area contributed by atoms with E-state index in [1.54, 1.807) is 0 Å². The van der Waals surface area contributed by atoms with E-state index in [0.717, 1.165) is 0 Å². The lowest BCUT2D eigenvalue weighted by Crippen LogP contribution is -2.24. The van der Waals surface area contributed by atoms with Crippen LogP contribution >= 0.6 is 0 Å². The SMILES string of the molecule is CC(C#N)C(C)(C)CO. The molecule has 1 atom stereocenters. The zero-order valence-electron chi connectivity index (χ0n) is 6.18. The van der Waals surface area contributed by atoms with Crippen molar-refractivity contribution in [3.63, 3.8) is 0 Å². The first-order chi connectivity index (χ1) is 4.04. The molecule has 9 heavy (non-hydrogen) atoms. The summed E-state index contributed by atoms with van der Waals surface area (Å²) in [4.78, 5) is 0. The molecule has 2 heteroatoms. The number of nitriles is 1. The first-order valence-electron chi connectivity index (χ1n) is 3.05. The Morgan fingerprint density at radius 3 is 2.22 bits per heavy atom. The quantitative estimate of drug-likeness (QED) is 0.605. The van der Waals surface area contributed by atoms with Gasteiger partial charge in [-0.25, -0.2) is 0 Å². The highest BCUT2D eigenvalue weighted by Gasteiger charge is 2.24. The molecule has 0 radical (unpaired) electrons. The molecule has 0 aliphatic heterocycles. The van der Waals surface area contributed by atoms with E-state index in [-0.39, 0.29) is 17.9 Å². The molecule has 2 nitrogen and oxygen atoms in total. The van der Waals surface area contributed by atoms with Crippen molar-refractivity contribution in [2.45, 2.75) is 20.8 Å². The number of rotatable bonds is 2. The topological polar surface area (TPSA) is 44.0 Å². The molecule has 0 aliphatic rings. The lowest BCUT2D eigenvalue weighted by molar-refractivity contribution is 0.128. The largest absolute Gasteiger partial charge is 0.396 e. The maximum Gasteiger partial charge on any atom is 0.0659 e. The van der Waals surface area contributed by atoms with E-state index in [9.17, 15) is 0 Å². The van der Waals surface area contributed by atoms with Crippen molar-refractivity contribution in [1.82, 2.24) is 0 Å². The molecular weight excluding hydrogens is 114 g/mol. The average molecular weight is 127 g/mol. The van der Waals surface area contributed by atoms with E-state index in [4.69, 9.17) is 10.4 Å². The Balaban J connectivity index is 4.01. The molecule has 0 aromatic heterocycles. The predicted molar refractivity (Wildman–Crippen MR) is 35.6 cm³/mol. The van der Waals surface area contributed by atoms with Crippen LogP contribution in [0.3, 0.4) is 0 Å². The van der Waals surface area contributed by atoms with Gasteiger partial charge in [0.2, 0.25) is 0 Å². The van der Waals surface area contributed by atoms with E-state index in [2.05, 4.69) is 6.07 Å². The van der Waals surface area contributed by atoms with Gasteiger partial charge in [-0.2, -0.15) is 5.26 Å². The van der Waals surface area contributed by atoms with E-state index < -0.39 is 0 Å². The standard InChI is InChI=1S/C7H13NO/c1-6(4-8)7(2,3)5-9/h6,9H,5H2,1-3H3. The summed E-state index contributed by atoms with van der Waals surface area (Å²) < 4.78 is 0. The van der Waals surface area contributed by atoms with Crippen LogP contribution in [0.5, 0.6) is 0 Å². The maximum absolute atomic E-state index is 8.74. The second-order valence-corrected chi connectivity index (χ2v) is 3.00. The molecule has 0 aliphatic carbocycles. The Kier molecular flexibility index (Phi) is 2.66. The Morgan fingerprint density at radius 1 is 1.67 bits per heavy atom. The van der Waals surface area contributed by atoms with Gasteiger partial charge in [0, 0.05) is 12.0 Å². The average Bonchev–Trinajstić information content (AvgIpc) is 1.86. The van der Waals surface area contributed by atoms with Gasteiger partial charge in [0.1, 0.15) is 0 Å².